The molecule has 2 aromatic rings. The van der Waals surface area contributed by atoms with Gasteiger partial charge in [-0.05, 0) is 38.0 Å². The van der Waals surface area contributed by atoms with Crippen LogP contribution in [0, 0.1) is 6.92 Å². The van der Waals surface area contributed by atoms with Crippen LogP contribution in [0.15, 0.2) is 42.6 Å². The summed E-state index contributed by atoms with van der Waals surface area (Å²) in [6, 6.07) is 11.7. The highest BCUT2D eigenvalue weighted by Gasteiger charge is 2.43. The van der Waals surface area contributed by atoms with Crippen molar-refractivity contribution in [2.45, 2.75) is 38.3 Å². The molecular formula is C21H26N4O3. The lowest BCUT2D eigenvalue weighted by Crippen LogP contribution is -2.59. The summed E-state index contributed by atoms with van der Waals surface area (Å²) in [5.41, 5.74) is 1.61. The summed E-state index contributed by atoms with van der Waals surface area (Å²) in [5, 5.41) is 4.23. The van der Waals surface area contributed by atoms with Gasteiger partial charge < -0.3 is 14.5 Å². The molecule has 148 valence electrons. The molecule has 7 nitrogen and oxygen atoms in total. The summed E-state index contributed by atoms with van der Waals surface area (Å²) < 4.78 is 7.85. The second kappa shape index (κ2) is 7.75. The second-order valence-corrected chi connectivity index (χ2v) is 7.61. The zero-order valence-electron chi connectivity index (χ0n) is 16.2. The summed E-state index contributed by atoms with van der Waals surface area (Å²) in [6.45, 7) is 4.56. The van der Waals surface area contributed by atoms with E-state index >= 15 is 0 Å². The van der Waals surface area contributed by atoms with Gasteiger partial charge in [0.15, 0.2) is 0 Å². The Morgan fingerprint density at radius 2 is 1.93 bits per heavy atom. The first-order chi connectivity index (χ1) is 13.6. The molecule has 7 heteroatoms. The highest BCUT2D eigenvalue weighted by atomic mass is 16.5. The third-order valence-corrected chi connectivity index (χ3v) is 5.81. The van der Waals surface area contributed by atoms with Crippen LogP contribution in [0.25, 0.3) is 0 Å². The van der Waals surface area contributed by atoms with E-state index in [1.165, 1.54) is 0 Å². The molecule has 4 rings (SSSR count). The van der Waals surface area contributed by atoms with Gasteiger partial charge in [0.2, 0.25) is 5.91 Å². The number of ether oxygens (including phenoxy) is 1. The largest absolute Gasteiger partial charge is 0.363 e. The predicted molar refractivity (Wildman–Crippen MR) is 105 cm³/mol. The molecule has 0 saturated carbocycles. The highest BCUT2D eigenvalue weighted by Crippen LogP contribution is 2.32. The Kier molecular flexibility index (Phi) is 5.17. The fourth-order valence-corrected chi connectivity index (χ4v) is 4.02. The van der Waals surface area contributed by atoms with Crippen molar-refractivity contribution >= 4 is 17.5 Å². The van der Waals surface area contributed by atoms with Gasteiger partial charge in [0.05, 0.1) is 12.1 Å². The molecule has 0 bridgehead atoms. The molecule has 3 heterocycles. The van der Waals surface area contributed by atoms with Crippen LogP contribution in [0.1, 0.15) is 25.0 Å². The van der Waals surface area contributed by atoms with Crippen molar-refractivity contribution in [2.75, 3.05) is 31.1 Å². The molecule has 2 aliphatic heterocycles. The van der Waals surface area contributed by atoms with Gasteiger partial charge in [0, 0.05) is 43.6 Å². The maximum Gasteiger partial charge on any atom is 0.253 e. The minimum Gasteiger partial charge on any atom is -0.363 e. The van der Waals surface area contributed by atoms with E-state index in [9.17, 15) is 9.59 Å². The molecule has 28 heavy (non-hydrogen) atoms. The fraction of sp³-hybridized carbons (Fsp3) is 0.476. The van der Waals surface area contributed by atoms with Gasteiger partial charge in [-0.2, -0.15) is 5.10 Å². The Morgan fingerprint density at radius 3 is 2.61 bits per heavy atom. The minimum atomic E-state index is -0.362. The number of aromatic nitrogens is 2. The lowest BCUT2D eigenvalue weighted by molar-refractivity contribution is -0.150. The topological polar surface area (TPSA) is 67.7 Å². The Labute approximate surface area is 164 Å². The quantitative estimate of drug-likeness (QED) is 0.811. The number of para-hydroxylation sites is 1. The van der Waals surface area contributed by atoms with E-state index in [1.54, 1.807) is 6.20 Å². The fourth-order valence-electron chi connectivity index (χ4n) is 4.02. The zero-order valence-corrected chi connectivity index (χ0v) is 16.2. The van der Waals surface area contributed by atoms with E-state index in [0.717, 1.165) is 24.2 Å². The summed E-state index contributed by atoms with van der Waals surface area (Å²) in [7, 11) is 0. The summed E-state index contributed by atoms with van der Waals surface area (Å²) in [4.78, 5) is 28.7. The number of nitrogens with zero attached hydrogens (tertiary/aromatic N) is 4. The molecule has 0 radical (unpaired) electrons. The van der Waals surface area contributed by atoms with Crippen molar-refractivity contribution in [1.29, 1.82) is 0 Å². The number of rotatable bonds is 4. The number of amides is 2. The van der Waals surface area contributed by atoms with E-state index in [2.05, 4.69) is 5.10 Å². The van der Waals surface area contributed by atoms with Crippen LogP contribution in [0.5, 0.6) is 0 Å². The van der Waals surface area contributed by atoms with E-state index in [4.69, 9.17) is 4.74 Å². The van der Waals surface area contributed by atoms with Crippen molar-refractivity contribution in [2.24, 2.45) is 0 Å². The summed E-state index contributed by atoms with van der Waals surface area (Å²) in [5.74, 6) is 0.140. The monoisotopic (exact) mass is 382 g/mol. The predicted octanol–water partition coefficient (Wildman–Crippen LogP) is 2.01. The zero-order chi connectivity index (χ0) is 19.6. The van der Waals surface area contributed by atoms with Gasteiger partial charge in [-0.25, -0.2) is 0 Å². The number of aryl methyl sites for hydroxylation is 2. The van der Waals surface area contributed by atoms with Crippen LogP contribution < -0.4 is 4.90 Å². The van der Waals surface area contributed by atoms with Gasteiger partial charge >= 0.3 is 0 Å². The Balaban J connectivity index is 1.34. The average molecular weight is 382 g/mol. The number of carbonyl (C=O) groups excluding carboxylic acids is 2. The molecule has 0 atom stereocenters. The molecule has 0 aliphatic carbocycles. The Morgan fingerprint density at radius 1 is 1.18 bits per heavy atom. The van der Waals surface area contributed by atoms with Gasteiger partial charge in [-0.1, -0.05) is 18.2 Å². The number of piperidine rings is 1. The SMILES string of the molecule is Cc1ccnn1CCC(=O)N1CCC2(CC1)CN(c1ccccc1)C(=O)CO2. The van der Waals surface area contributed by atoms with Crippen LogP contribution in [-0.4, -0.2) is 58.3 Å². The summed E-state index contributed by atoms with van der Waals surface area (Å²) >= 11 is 0. The van der Waals surface area contributed by atoms with E-state index < -0.39 is 0 Å². The summed E-state index contributed by atoms with van der Waals surface area (Å²) in [6.07, 6.45) is 3.70. The van der Waals surface area contributed by atoms with Crippen molar-refractivity contribution < 1.29 is 14.3 Å². The number of morpholine rings is 1. The first-order valence-electron chi connectivity index (χ1n) is 9.82. The van der Waals surface area contributed by atoms with E-state index in [1.807, 2.05) is 57.8 Å². The Hall–Kier alpha value is -2.67. The lowest BCUT2D eigenvalue weighted by Gasteiger charge is -2.47. The van der Waals surface area contributed by atoms with E-state index in [-0.39, 0.29) is 24.0 Å². The molecular weight excluding hydrogens is 356 g/mol. The minimum absolute atomic E-state index is 0.00933. The van der Waals surface area contributed by atoms with Crippen LogP contribution >= 0.6 is 0 Å². The van der Waals surface area contributed by atoms with Gasteiger partial charge in [0.1, 0.15) is 6.61 Å². The third-order valence-electron chi connectivity index (χ3n) is 5.81. The van der Waals surface area contributed by atoms with Gasteiger partial charge in [-0.3, -0.25) is 14.3 Å². The normalized spacial score (nSPS) is 19.2. The maximum absolute atomic E-state index is 12.6. The first-order valence-corrected chi connectivity index (χ1v) is 9.82. The molecule has 1 aromatic carbocycles. The standard InChI is InChI=1S/C21H26N4O3/c1-17-7-11-22-25(17)12-8-19(26)23-13-9-21(10-14-23)16-24(20(27)15-28-21)18-5-3-2-4-6-18/h2-7,11H,8-10,12-16H2,1H3. The molecule has 2 aliphatic rings. The van der Waals surface area contributed by atoms with Crippen LogP contribution in [-0.2, 0) is 20.9 Å². The first kappa shape index (κ1) is 18.7. The van der Waals surface area contributed by atoms with Crippen LogP contribution in [0.4, 0.5) is 5.69 Å². The number of carbonyl (C=O) groups is 2. The Bertz CT molecular complexity index is 840. The third kappa shape index (κ3) is 3.80. The smallest absolute Gasteiger partial charge is 0.253 e. The molecule has 1 spiro atoms. The van der Waals surface area contributed by atoms with Crippen molar-refractivity contribution in [3.8, 4) is 0 Å². The molecule has 2 fully saturated rings. The van der Waals surface area contributed by atoms with Crippen LogP contribution in [0.3, 0.4) is 0 Å². The molecule has 0 unspecified atom stereocenters. The number of anilines is 1. The molecule has 1 aromatic heterocycles. The molecule has 0 N–H and O–H groups in total. The molecule has 2 amide bonds. The van der Waals surface area contributed by atoms with Crippen molar-refractivity contribution in [3.63, 3.8) is 0 Å². The van der Waals surface area contributed by atoms with Crippen LogP contribution in [0.2, 0.25) is 0 Å². The van der Waals surface area contributed by atoms with E-state index in [0.29, 0.717) is 32.6 Å². The maximum atomic E-state index is 12.6. The highest BCUT2D eigenvalue weighted by molar-refractivity contribution is 5.95. The average Bonchev–Trinajstić information content (AvgIpc) is 3.14. The lowest BCUT2D eigenvalue weighted by atomic mass is 9.89. The number of hydrogen-bond donors (Lipinski definition) is 0. The van der Waals surface area contributed by atoms with Gasteiger partial charge in [-0.15, -0.1) is 0 Å². The van der Waals surface area contributed by atoms with Gasteiger partial charge in [0.25, 0.3) is 5.91 Å². The van der Waals surface area contributed by atoms with Crippen molar-refractivity contribution in [3.05, 3.63) is 48.3 Å². The molecule has 2 saturated heterocycles. The number of benzene rings is 1. The number of likely N-dealkylation sites (tertiary alicyclic amines) is 1. The number of hydrogen-bond acceptors (Lipinski definition) is 4. The van der Waals surface area contributed by atoms with Crippen molar-refractivity contribution in [1.82, 2.24) is 14.7 Å². The second-order valence-electron chi connectivity index (χ2n) is 7.61.